The molecule has 3 rings (SSSR count). The van der Waals surface area contributed by atoms with E-state index >= 15 is 0 Å². The molecule has 0 amide bonds. The van der Waals surface area contributed by atoms with E-state index in [2.05, 4.69) is 27.2 Å². The predicted octanol–water partition coefficient (Wildman–Crippen LogP) is 3.64. The number of rotatable bonds is 5. The second-order valence-electron chi connectivity index (χ2n) is 4.63. The third-order valence-corrected chi connectivity index (χ3v) is 3.00. The van der Waals surface area contributed by atoms with Crippen LogP contribution < -0.4 is 10.1 Å². The van der Waals surface area contributed by atoms with Crippen LogP contribution in [0.15, 0.2) is 48.9 Å². The number of ether oxygens (including phenoxy) is 1. The number of fused-ring (bicyclic) bond motifs is 1. The van der Waals surface area contributed by atoms with Gasteiger partial charge in [0.1, 0.15) is 17.9 Å². The van der Waals surface area contributed by atoms with Gasteiger partial charge in [-0.2, -0.15) is 0 Å². The first kappa shape index (κ1) is 13.3. The number of hydrogen-bond donors (Lipinski definition) is 1. The fourth-order valence-corrected chi connectivity index (χ4v) is 1.98. The average molecular weight is 280 g/mol. The quantitative estimate of drug-likeness (QED) is 0.773. The molecule has 0 saturated heterocycles. The summed E-state index contributed by atoms with van der Waals surface area (Å²) in [5, 5.41) is 4.29. The number of nitrogens with zero attached hydrogens (tertiary/aromatic N) is 3. The molecule has 3 aromatic rings. The molecule has 5 nitrogen and oxygen atoms in total. The molecular weight excluding hydrogens is 264 g/mol. The van der Waals surface area contributed by atoms with Crippen LogP contribution in [-0.2, 0) is 0 Å². The van der Waals surface area contributed by atoms with Crippen LogP contribution in [0.25, 0.3) is 10.9 Å². The Labute approximate surface area is 123 Å². The number of benzene rings is 1. The van der Waals surface area contributed by atoms with Crippen LogP contribution in [0.2, 0.25) is 0 Å². The number of nitrogens with one attached hydrogen (secondary N) is 1. The summed E-state index contributed by atoms with van der Waals surface area (Å²) in [4.78, 5) is 12.6. The Balaban J connectivity index is 1.81. The summed E-state index contributed by atoms with van der Waals surface area (Å²) in [6.45, 7) is 2.98. The summed E-state index contributed by atoms with van der Waals surface area (Å²) in [6.07, 6.45) is 4.30. The molecule has 0 atom stereocenters. The van der Waals surface area contributed by atoms with E-state index in [4.69, 9.17) is 4.74 Å². The largest absolute Gasteiger partial charge is 0.439 e. The van der Waals surface area contributed by atoms with E-state index in [1.54, 1.807) is 12.3 Å². The smallest absolute Gasteiger partial charge is 0.224 e. The minimum Gasteiger partial charge on any atom is -0.439 e. The van der Waals surface area contributed by atoms with E-state index in [1.807, 2.05) is 30.3 Å². The zero-order valence-electron chi connectivity index (χ0n) is 11.8. The monoisotopic (exact) mass is 280 g/mol. The van der Waals surface area contributed by atoms with Crippen LogP contribution in [0.5, 0.6) is 11.6 Å². The van der Waals surface area contributed by atoms with E-state index in [-0.39, 0.29) is 0 Å². The lowest BCUT2D eigenvalue weighted by Crippen LogP contribution is -2.02. The Morgan fingerprint density at radius 1 is 1.10 bits per heavy atom. The van der Waals surface area contributed by atoms with Crippen LogP contribution in [0, 0.1) is 0 Å². The van der Waals surface area contributed by atoms with Crippen molar-refractivity contribution in [3.63, 3.8) is 0 Å². The molecule has 0 aliphatic carbocycles. The first-order valence-electron chi connectivity index (χ1n) is 6.94. The van der Waals surface area contributed by atoms with Gasteiger partial charge in [-0.15, -0.1) is 0 Å². The topological polar surface area (TPSA) is 59.9 Å². The summed E-state index contributed by atoms with van der Waals surface area (Å²) in [5.41, 5.74) is 0.897. The molecule has 2 heterocycles. The van der Waals surface area contributed by atoms with Crippen molar-refractivity contribution in [3.05, 3.63) is 48.9 Å². The van der Waals surface area contributed by atoms with Crippen molar-refractivity contribution in [3.8, 4) is 11.6 Å². The molecule has 2 aromatic heterocycles. The lowest BCUT2D eigenvalue weighted by molar-refractivity contribution is 0.462. The Bertz CT molecular complexity index is 745. The maximum Gasteiger partial charge on any atom is 0.224 e. The first-order valence-corrected chi connectivity index (χ1v) is 6.94. The molecule has 0 fully saturated rings. The van der Waals surface area contributed by atoms with Gasteiger partial charge in [0.25, 0.3) is 0 Å². The zero-order chi connectivity index (χ0) is 14.5. The summed E-state index contributed by atoms with van der Waals surface area (Å²) >= 11 is 0. The third kappa shape index (κ3) is 3.25. The Morgan fingerprint density at radius 2 is 2.05 bits per heavy atom. The van der Waals surface area contributed by atoms with E-state index < -0.39 is 0 Å². The maximum atomic E-state index is 5.78. The van der Waals surface area contributed by atoms with Crippen LogP contribution in [0.4, 0.5) is 5.82 Å². The minimum absolute atomic E-state index is 0.513. The summed E-state index contributed by atoms with van der Waals surface area (Å²) in [5.74, 6) is 1.99. The average Bonchev–Trinajstić information content (AvgIpc) is 2.53. The SMILES string of the molecule is CCCNc1cc(Oc2ccc3cccnc3c2)ncn1. The van der Waals surface area contributed by atoms with Crippen molar-refractivity contribution in [1.82, 2.24) is 15.0 Å². The number of anilines is 1. The molecule has 0 aliphatic heterocycles. The first-order chi connectivity index (χ1) is 10.3. The molecule has 21 heavy (non-hydrogen) atoms. The highest BCUT2D eigenvalue weighted by Gasteiger charge is 2.03. The molecule has 0 bridgehead atoms. The highest BCUT2D eigenvalue weighted by atomic mass is 16.5. The zero-order valence-corrected chi connectivity index (χ0v) is 11.8. The van der Waals surface area contributed by atoms with Crippen LogP contribution >= 0.6 is 0 Å². The number of aromatic nitrogens is 3. The number of hydrogen-bond acceptors (Lipinski definition) is 5. The van der Waals surface area contributed by atoms with Crippen molar-refractivity contribution in [2.45, 2.75) is 13.3 Å². The Morgan fingerprint density at radius 3 is 2.95 bits per heavy atom. The Kier molecular flexibility index (Phi) is 3.91. The molecular formula is C16H16N4O. The van der Waals surface area contributed by atoms with E-state index in [1.165, 1.54) is 6.33 Å². The summed E-state index contributed by atoms with van der Waals surface area (Å²) < 4.78 is 5.78. The lowest BCUT2D eigenvalue weighted by Gasteiger charge is -2.07. The fraction of sp³-hybridized carbons (Fsp3) is 0.188. The van der Waals surface area contributed by atoms with Crippen molar-refractivity contribution in [2.75, 3.05) is 11.9 Å². The fourth-order valence-electron chi connectivity index (χ4n) is 1.98. The predicted molar refractivity (Wildman–Crippen MR) is 82.6 cm³/mol. The van der Waals surface area contributed by atoms with Gasteiger partial charge in [-0.3, -0.25) is 4.98 Å². The summed E-state index contributed by atoms with van der Waals surface area (Å²) in [6, 6.07) is 11.5. The summed E-state index contributed by atoms with van der Waals surface area (Å²) in [7, 11) is 0. The van der Waals surface area contributed by atoms with Crippen molar-refractivity contribution in [2.24, 2.45) is 0 Å². The molecule has 106 valence electrons. The third-order valence-electron chi connectivity index (χ3n) is 3.00. The molecule has 0 radical (unpaired) electrons. The van der Waals surface area contributed by atoms with Gasteiger partial charge in [0.15, 0.2) is 0 Å². The second-order valence-corrected chi connectivity index (χ2v) is 4.63. The van der Waals surface area contributed by atoms with Crippen LogP contribution in [0.3, 0.4) is 0 Å². The van der Waals surface area contributed by atoms with E-state index in [0.717, 1.165) is 29.7 Å². The van der Waals surface area contributed by atoms with E-state index in [9.17, 15) is 0 Å². The van der Waals surface area contributed by atoms with Gasteiger partial charge in [-0.05, 0) is 24.6 Å². The minimum atomic E-state index is 0.513. The molecule has 1 aromatic carbocycles. The van der Waals surface area contributed by atoms with Gasteiger partial charge in [-0.1, -0.05) is 13.0 Å². The van der Waals surface area contributed by atoms with Gasteiger partial charge < -0.3 is 10.1 Å². The van der Waals surface area contributed by atoms with Gasteiger partial charge in [0.2, 0.25) is 5.88 Å². The van der Waals surface area contributed by atoms with Crippen molar-refractivity contribution >= 4 is 16.7 Å². The lowest BCUT2D eigenvalue weighted by atomic mass is 10.2. The normalized spacial score (nSPS) is 10.5. The molecule has 0 spiro atoms. The highest BCUT2D eigenvalue weighted by Crippen LogP contribution is 2.24. The molecule has 0 unspecified atom stereocenters. The molecule has 0 saturated carbocycles. The molecule has 1 N–H and O–H groups in total. The van der Waals surface area contributed by atoms with Gasteiger partial charge in [0, 0.05) is 30.3 Å². The van der Waals surface area contributed by atoms with Crippen molar-refractivity contribution < 1.29 is 4.74 Å². The molecule has 0 aliphatic rings. The second kappa shape index (κ2) is 6.17. The Hall–Kier alpha value is -2.69. The molecule has 5 heteroatoms. The van der Waals surface area contributed by atoms with Crippen molar-refractivity contribution in [1.29, 1.82) is 0 Å². The van der Waals surface area contributed by atoms with Gasteiger partial charge in [0.05, 0.1) is 5.52 Å². The van der Waals surface area contributed by atoms with Gasteiger partial charge >= 0.3 is 0 Å². The maximum absolute atomic E-state index is 5.78. The van der Waals surface area contributed by atoms with E-state index in [0.29, 0.717) is 11.6 Å². The standard InChI is InChI=1S/C16H16N4O/c1-2-7-18-15-10-16(20-11-19-15)21-13-6-5-12-4-3-8-17-14(12)9-13/h3-6,8-11H,2,7H2,1H3,(H,18,19,20). The number of pyridine rings is 1. The van der Waals surface area contributed by atoms with Gasteiger partial charge in [-0.25, -0.2) is 9.97 Å². The van der Waals surface area contributed by atoms with Crippen LogP contribution in [-0.4, -0.2) is 21.5 Å². The highest BCUT2D eigenvalue weighted by molar-refractivity contribution is 5.79. The van der Waals surface area contributed by atoms with Crippen LogP contribution in [0.1, 0.15) is 13.3 Å².